The zero-order valence-electron chi connectivity index (χ0n) is 29.4. The monoisotopic (exact) mass is 656 g/mol. The topological polar surface area (TPSA) is 125 Å². The molecule has 9 nitrogen and oxygen atoms in total. The highest BCUT2D eigenvalue weighted by Crippen LogP contribution is 2.61. The van der Waals surface area contributed by atoms with Crippen molar-refractivity contribution in [3.63, 3.8) is 0 Å². The van der Waals surface area contributed by atoms with E-state index in [4.69, 9.17) is 18.9 Å². The highest BCUT2D eigenvalue weighted by molar-refractivity contribution is 5.85. The molecular formula is C38H56O9. The van der Waals surface area contributed by atoms with Crippen LogP contribution in [0.5, 0.6) is 0 Å². The van der Waals surface area contributed by atoms with Crippen molar-refractivity contribution in [1.82, 2.24) is 0 Å². The molecule has 8 bridgehead atoms. The molecule has 0 spiro atoms. The Bertz CT molecular complexity index is 1290. The molecule has 262 valence electrons. The second-order valence-electron chi connectivity index (χ2n) is 19.2. The van der Waals surface area contributed by atoms with Gasteiger partial charge in [0, 0.05) is 12.8 Å². The average molecular weight is 657 g/mol. The van der Waals surface area contributed by atoms with Crippen LogP contribution in [0.15, 0.2) is 0 Å². The van der Waals surface area contributed by atoms with Crippen LogP contribution in [0, 0.1) is 51.8 Å². The Morgan fingerprint density at radius 3 is 1.77 bits per heavy atom. The summed E-state index contributed by atoms with van der Waals surface area (Å²) in [5.74, 6) is 0.943. The van der Waals surface area contributed by atoms with E-state index >= 15 is 0 Å². The molecule has 0 radical (unpaired) electrons. The minimum atomic E-state index is -1.32. The van der Waals surface area contributed by atoms with Gasteiger partial charge in [0.25, 0.3) is 0 Å². The van der Waals surface area contributed by atoms with E-state index in [1.807, 2.05) is 13.8 Å². The predicted molar refractivity (Wildman–Crippen MR) is 170 cm³/mol. The highest BCUT2D eigenvalue weighted by atomic mass is 16.6. The van der Waals surface area contributed by atoms with E-state index in [0.29, 0.717) is 30.1 Å². The van der Waals surface area contributed by atoms with Gasteiger partial charge in [-0.15, -0.1) is 0 Å². The first-order valence-corrected chi connectivity index (χ1v) is 18.4. The summed E-state index contributed by atoms with van der Waals surface area (Å²) in [6.45, 7) is 11.2. The van der Waals surface area contributed by atoms with Crippen LogP contribution >= 0.6 is 0 Å². The minimum Gasteiger partial charge on any atom is -0.463 e. The van der Waals surface area contributed by atoms with E-state index < -0.39 is 57.1 Å². The van der Waals surface area contributed by atoms with Crippen molar-refractivity contribution < 1.29 is 43.2 Å². The second kappa shape index (κ2) is 10.9. The van der Waals surface area contributed by atoms with Crippen LogP contribution in [0.25, 0.3) is 0 Å². The fraction of sp³-hybridized carbons (Fsp3) is 0.895. The summed E-state index contributed by atoms with van der Waals surface area (Å²) in [4.78, 5) is 54.6. The van der Waals surface area contributed by atoms with Crippen molar-refractivity contribution in [2.24, 2.45) is 51.8 Å². The number of cyclic esters (lactones) is 1. The van der Waals surface area contributed by atoms with Gasteiger partial charge in [-0.2, -0.15) is 0 Å². The van der Waals surface area contributed by atoms with Gasteiger partial charge in [-0.05, 0) is 154 Å². The third-order valence-corrected chi connectivity index (χ3v) is 13.8. The summed E-state index contributed by atoms with van der Waals surface area (Å²) in [5, 5.41) is 11.2. The van der Waals surface area contributed by atoms with E-state index in [2.05, 4.69) is 6.92 Å². The Hall–Kier alpha value is -2.16. The SMILES string of the molecule is CC(C)(CC(C)(CC(C)(C)C(=O)OC1(C)C2CC3CC(C2)CC1C3)C(=O)OC1CCOC1=O)C(=O)OC12C[C@@H]3C[C@@H](CC(O)(C3)C1)C2. The molecule has 9 heteroatoms. The largest absolute Gasteiger partial charge is 0.463 e. The van der Waals surface area contributed by atoms with Crippen LogP contribution in [0.2, 0.25) is 0 Å². The third kappa shape index (κ3) is 5.92. The van der Waals surface area contributed by atoms with Crippen LogP contribution in [0.4, 0.5) is 0 Å². The lowest BCUT2D eigenvalue weighted by atomic mass is 9.50. The van der Waals surface area contributed by atoms with Gasteiger partial charge in [0.05, 0.1) is 28.5 Å². The maximum atomic E-state index is 14.1. The van der Waals surface area contributed by atoms with E-state index in [0.717, 1.165) is 69.6 Å². The van der Waals surface area contributed by atoms with Crippen molar-refractivity contribution in [3.8, 4) is 0 Å². The van der Waals surface area contributed by atoms with Crippen LogP contribution in [-0.4, -0.2) is 58.5 Å². The Labute approximate surface area is 279 Å². The Morgan fingerprint density at radius 2 is 1.28 bits per heavy atom. The van der Waals surface area contributed by atoms with Crippen molar-refractivity contribution in [1.29, 1.82) is 0 Å². The first-order chi connectivity index (χ1) is 21.8. The van der Waals surface area contributed by atoms with Gasteiger partial charge in [0.2, 0.25) is 6.10 Å². The van der Waals surface area contributed by atoms with Gasteiger partial charge in [0.1, 0.15) is 11.2 Å². The molecule has 8 aliphatic carbocycles. The molecule has 0 amide bonds. The van der Waals surface area contributed by atoms with E-state index in [9.17, 15) is 24.3 Å². The Balaban J connectivity index is 1.10. The number of aliphatic hydroxyl groups is 1. The molecule has 0 aromatic carbocycles. The van der Waals surface area contributed by atoms with Gasteiger partial charge < -0.3 is 24.1 Å². The summed E-state index contributed by atoms with van der Waals surface area (Å²) < 4.78 is 23.7. The van der Waals surface area contributed by atoms with Crippen molar-refractivity contribution in [2.45, 2.75) is 154 Å². The quantitative estimate of drug-likeness (QED) is 0.220. The first-order valence-electron chi connectivity index (χ1n) is 18.4. The predicted octanol–water partition coefficient (Wildman–Crippen LogP) is 6.07. The molecule has 1 aliphatic heterocycles. The standard InChI is InChI=1S/C38H56O9/c1-33(2,30(40)46-36(6)26-11-22-9-23(13-26)14-27(36)12-22)19-35(5,32(42)45-28-7-8-44-29(28)39)20-34(3,4)31(41)47-38-17-24-10-25(18-38)16-37(43,15-24)21-38/h22-28,43H,7-21H2,1-6H3/t22?,23?,24-,25+,26?,27?,28?,35?,36?,37?,38?. The smallest absolute Gasteiger partial charge is 0.347 e. The molecule has 0 aromatic heterocycles. The second-order valence-corrected chi connectivity index (χ2v) is 19.2. The molecule has 0 aromatic rings. The van der Waals surface area contributed by atoms with Crippen LogP contribution < -0.4 is 0 Å². The maximum absolute atomic E-state index is 14.1. The summed E-state index contributed by atoms with van der Waals surface area (Å²) in [6, 6.07) is 0. The lowest BCUT2D eigenvalue weighted by Crippen LogP contribution is -2.61. The van der Waals surface area contributed by atoms with E-state index in [1.54, 1.807) is 20.8 Å². The van der Waals surface area contributed by atoms with Gasteiger partial charge in [0.15, 0.2) is 0 Å². The van der Waals surface area contributed by atoms with Crippen molar-refractivity contribution in [2.75, 3.05) is 6.61 Å². The highest BCUT2D eigenvalue weighted by Gasteiger charge is 2.61. The minimum absolute atomic E-state index is 0.0508. The van der Waals surface area contributed by atoms with Gasteiger partial charge in [-0.1, -0.05) is 0 Å². The molecule has 4 unspecified atom stereocenters. The van der Waals surface area contributed by atoms with Gasteiger partial charge >= 0.3 is 23.9 Å². The lowest BCUT2D eigenvalue weighted by Gasteiger charge is -2.59. The molecule has 1 heterocycles. The summed E-state index contributed by atoms with van der Waals surface area (Å²) in [7, 11) is 0. The summed E-state index contributed by atoms with van der Waals surface area (Å²) in [5.41, 5.74) is -5.50. The van der Waals surface area contributed by atoms with Crippen molar-refractivity contribution in [3.05, 3.63) is 0 Å². The third-order valence-electron chi connectivity index (χ3n) is 13.8. The van der Waals surface area contributed by atoms with Crippen LogP contribution in [0.1, 0.15) is 131 Å². The molecular weight excluding hydrogens is 600 g/mol. The fourth-order valence-electron chi connectivity index (χ4n) is 12.4. The van der Waals surface area contributed by atoms with E-state index in [-0.39, 0.29) is 31.8 Å². The number of rotatable bonds is 10. The number of carbonyl (C=O) groups is 4. The molecule has 8 saturated carbocycles. The zero-order chi connectivity index (χ0) is 33.8. The molecule has 6 atom stereocenters. The van der Waals surface area contributed by atoms with Crippen LogP contribution in [0.3, 0.4) is 0 Å². The molecule has 1 N–H and O–H groups in total. The van der Waals surface area contributed by atoms with Crippen LogP contribution in [-0.2, 0) is 38.1 Å². The van der Waals surface area contributed by atoms with Gasteiger partial charge in [-0.25, -0.2) is 4.79 Å². The van der Waals surface area contributed by atoms with E-state index in [1.165, 1.54) is 6.42 Å². The average Bonchev–Trinajstić information content (AvgIpc) is 3.33. The Morgan fingerprint density at radius 1 is 0.766 bits per heavy atom. The normalized spacial score (nSPS) is 43.0. The number of hydrogen-bond donors (Lipinski definition) is 1. The number of hydrogen-bond acceptors (Lipinski definition) is 9. The number of ether oxygens (including phenoxy) is 4. The lowest BCUT2D eigenvalue weighted by molar-refractivity contribution is -0.226. The molecule has 1 saturated heterocycles. The molecule has 9 rings (SSSR count). The molecule has 47 heavy (non-hydrogen) atoms. The molecule has 9 aliphatic rings. The number of carbonyl (C=O) groups excluding carboxylic acids is 4. The van der Waals surface area contributed by atoms with Gasteiger partial charge in [-0.3, -0.25) is 14.4 Å². The summed E-state index contributed by atoms with van der Waals surface area (Å²) >= 11 is 0. The van der Waals surface area contributed by atoms with Crippen molar-refractivity contribution >= 4 is 23.9 Å². The molecule has 9 fully saturated rings. The summed E-state index contributed by atoms with van der Waals surface area (Å²) in [6.07, 6.45) is 9.71. The zero-order valence-corrected chi connectivity index (χ0v) is 29.4. The first kappa shape index (κ1) is 33.3. The Kier molecular flexibility index (Phi) is 7.75. The fourth-order valence-corrected chi connectivity index (χ4v) is 12.4. The maximum Gasteiger partial charge on any atom is 0.347 e. The number of esters is 4.